The molecular weight excluding hydrogens is 503 g/mol. The Balaban J connectivity index is 0.000000147. The van der Waals surface area contributed by atoms with E-state index in [2.05, 4.69) is 84.9 Å². The number of hydrogen-bond acceptors (Lipinski definition) is 0. The Bertz CT molecular complexity index is 951. The molecule has 0 N–H and O–H groups in total. The zero-order chi connectivity index (χ0) is 20.1. The molecule has 1 radical (unpaired) electrons. The zero-order valence-corrected chi connectivity index (χ0v) is 22.7. The maximum atomic E-state index is 4.93. The molecule has 4 aromatic rings. The molecule has 0 saturated heterocycles. The van der Waals surface area contributed by atoms with E-state index in [1.54, 1.807) is 0 Å². The topological polar surface area (TPSA) is 0 Å². The second-order valence-corrected chi connectivity index (χ2v) is 10.6. The van der Waals surface area contributed by atoms with Gasteiger partial charge in [-0.3, -0.25) is 0 Å². The third-order valence-corrected chi connectivity index (χ3v) is 5.23. The summed E-state index contributed by atoms with van der Waals surface area (Å²) in [6.45, 7) is 0. The van der Waals surface area contributed by atoms with Crippen molar-refractivity contribution in [2.45, 2.75) is 12.8 Å². The smallest absolute Gasteiger partial charge is 0.0125 e. The molecular formula is C26H21Cl2SiZr. The fourth-order valence-corrected chi connectivity index (χ4v) is 4.00. The van der Waals surface area contributed by atoms with Crippen LogP contribution in [0.25, 0.3) is 22.3 Å². The Morgan fingerprint density at radius 2 is 0.933 bits per heavy atom. The first-order chi connectivity index (χ1) is 14.3. The third-order valence-electron chi connectivity index (χ3n) is 5.23. The molecule has 2 aliphatic rings. The normalized spacial score (nSPS) is 11.0. The number of halogens is 2. The number of fused-ring (bicyclic) bond motifs is 6. The number of rotatable bonds is 0. The van der Waals surface area contributed by atoms with Crippen molar-refractivity contribution in [1.82, 2.24) is 0 Å². The van der Waals surface area contributed by atoms with Crippen LogP contribution in [0, 0.1) is 12.1 Å². The van der Waals surface area contributed by atoms with Gasteiger partial charge in [0.05, 0.1) is 0 Å². The molecule has 0 aromatic heterocycles. The third kappa shape index (κ3) is 5.06. The molecule has 30 heavy (non-hydrogen) atoms. The van der Waals surface area contributed by atoms with Crippen molar-refractivity contribution in [3.05, 3.63) is 119 Å². The van der Waals surface area contributed by atoms with Gasteiger partial charge in [0.25, 0.3) is 0 Å². The predicted octanol–water partition coefficient (Wildman–Crippen LogP) is 6.31. The summed E-state index contributed by atoms with van der Waals surface area (Å²) < 4.78 is 0. The summed E-state index contributed by atoms with van der Waals surface area (Å²) in [5.74, 6) is 0. The Kier molecular flexibility index (Phi) is 8.72. The molecule has 0 nitrogen and oxygen atoms in total. The van der Waals surface area contributed by atoms with Gasteiger partial charge in [-0.25, -0.2) is 0 Å². The quantitative estimate of drug-likeness (QED) is 0.162. The summed E-state index contributed by atoms with van der Waals surface area (Å²) >= 11 is -0.826. The molecule has 0 atom stereocenters. The molecule has 4 aromatic carbocycles. The summed E-state index contributed by atoms with van der Waals surface area (Å²) in [5.41, 5.74) is 11.0. The molecule has 2 aliphatic carbocycles. The summed E-state index contributed by atoms with van der Waals surface area (Å²) in [4.78, 5) is 0. The first-order valence-electron chi connectivity index (χ1n) is 9.43. The zero-order valence-electron chi connectivity index (χ0n) is 16.8. The van der Waals surface area contributed by atoms with Gasteiger partial charge in [-0.15, -0.1) is 11.1 Å². The molecule has 6 rings (SSSR count). The van der Waals surface area contributed by atoms with Gasteiger partial charge in [0.15, 0.2) is 0 Å². The Labute approximate surface area is 202 Å². The molecule has 0 fully saturated rings. The van der Waals surface area contributed by atoms with Crippen molar-refractivity contribution in [2.24, 2.45) is 0 Å². The van der Waals surface area contributed by atoms with Gasteiger partial charge in [0, 0.05) is 0 Å². The van der Waals surface area contributed by atoms with Crippen molar-refractivity contribution >= 4 is 28.0 Å². The maximum absolute atomic E-state index is 4.93. The van der Waals surface area contributed by atoms with E-state index in [4.69, 9.17) is 17.0 Å². The molecule has 0 aliphatic heterocycles. The van der Waals surface area contributed by atoms with Crippen LogP contribution in [0.1, 0.15) is 22.3 Å². The first-order valence-corrected chi connectivity index (χ1v) is 15.8. The van der Waals surface area contributed by atoms with Crippen LogP contribution in [0.2, 0.25) is 0 Å². The van der Waals surface area contributed by atoms with E-state index in [1.807, 2.05) is 12.1 Å². The average Bonchev–Trinajstić information content (AvgIpc) is 3.33. The Morgan fingerprint density at radius 1 is 0.567 bits per heavy atom. The molecule has 0 spiro atoms. The van der Waals surface area contributed by atoms with Gasteiger partial charge in [0.2, 0.25) is 0 Å². The Hall–Kier alpha value is -1.44. The summed E-state index contributed by atoms with van der Waals surface area (Å²) in [6, 6.07) is 36.2. The van der Waals surface area contributed by atoms with Crippen LogP contribution in [0.4, 0.5) is 0 Å². The monoisotopic (exact) mass is 521 g/mol. The minimum absolute atomic E-state index is 0. The number of hydrogen-bond donors (Lipinski definition) is 0. The fourth-order valence-electron chi connectivity index (χ4n) is 4.00. The summed E-state index contributed by atoms with van der Waals surface area (Å²) in [6.07, 6.45) is 2.10. The summed E-state index contributed by atoms with van der Waals surface area (Å²) in [5, 5.41) is 0. The largest absolute Gasteiger partial charge is 0.179 e. The first kappa shape index (κ1) is 23.2. The van der Waals surface area contributed by atoms with Crippen LogP contribution in [0.3, 0.4) is 0 Å². The average molecular weight is 524 g/mol. The van der Waals surface area contributed by atoms with E-state index in [0.29, 0.717) is 0 Å². The van der Waals surface area contributed by atoms with Crippen molar-refractivity contribution in [3.63, 3.8) is 0 Å². The van der Waals surface area contributed by atoms with Crippen molar-refractivity contribution in [3.8, 4) is 22.3 Å². The van der Waals surface area contributed by atoms with Gasteiger partial charge in [-0.05, 0) is 23.8 Å². The minimum atomic E-state index is -0.826. The van der Waals surface area contributed by atoms with Crippen LogP contribution >= 0.6 is 17.0 Å². The Morgan fingerprint density at radius 3 is 1.37 bits per heavy atom. The molecule has 147 valence electrons. The van der Waals surface area contributed by atoms with Crippen LogP contribution in [0.5, 0.6) is 0 Å². The standard InChI is InChI=1S/2C13H9.2ClH.H3Si.Zr/c2*1-3-7-12-10(5-1)9-11-6-2-4-8-13(11)12;;;;/h2*1-5,7-8H,9H2;2*1H;1H3;/q2*-1;;;;+4/p-2. The van der Waals surface area contributed by atoms with Crippen LogP contribution < -0.4 is 0 Å². The van der Waals surface area contributed by atoms with Crippen molar-refractivity contribution in [2.75, 3.05) is 0 Å². The van der Waals surface area contributed by atoms with Gasteiger partial charge in [-0.2, -0.15) is 59.7 Å². The maximum Gasteiger partial charge on any atom is -0.0125 e. The fraction of sp³-hybridized carbons (Fsp3) is 0.0769. The SMILES string of the molecule is [Cl][Zr+2][Cl].[SiH3].[c-]1cccc2c1Cc1ccccc1-2.[c-]1cccc2c1Cc1ccccc1-2. The van der Waals surface area contributed by atoms with E-state index in [1.165, 1.54) is 44.5 Å². The molecule has 0 saturated carbocycles. The molecule has 0 heterocycles. The molecule has 0 bridgehead atoms. The van der Waals surface area contributed by atoms with Crippen LogP contribution in [0.15, 0.2) is 84.9 Å². The van der Waals surface area contributed by atoms with Gasteiger partial charge in [0.1, 0.15) is 0 Å². The van der Waals surface area contributed by atoms with Gasteiger partial charge >= 0.3 is 37.9 Å². The molecule has 4 heteroatoms. The predicted molar refractivity (Wildman–Crippen MR) is 129 cm³/mol. The minimum Gasteiger partial charge on any atom is -0.179 e. The van der Waals surface area contributed by atoms with E-state index >= 15 is 0 Å². The molecule has 0 unspecified atom stereocenters. The van der Waals surface area contributed by atoms with Crippen LogP contribution in [-0.2, 0) is 33.7 Å². The van der Waals surface area contributed by atoms with Gasteiger partial charge in [-0.1, -0.05) is 70.8 Å². The van der Waals surface area contributed by atoms with E-state index in [-0.39, 0.29) is 11.0 Å². The van der Waals surface area contributed by atoms with Gasteiger partial charge < -0.3 is 0 Å². The van der Waals surface area contributed by atoms with Crippen LogP contribution in [-0.4, -0.2) is 11.0 Å². The van der Waals surface area contributed by atoms with Crippen molar-refractivity contribution in [1.29, 1.82) is 0 Å². The van der Waals surface area contributed by atoms with E-state index in [9.17, 15) is 0 Å². The second-order valence-electron chi connectivity index (χ2n) is 6.86. The van der Waals surface area contributed by atoms with E-state index in [0.717, 1.165) is 12.8 Å². The van der Waals surface area contributed by atoms with E-state index < -0.39 is 20.8 Å². The summed E-state index contributed by atoms with van der Waals surface area (Å²) in [7, 11) is 9.87. The second kappa shape index (κ2) is 11.3. The molecule has 0 amide bonds. The van der Waals surface area contributed by atoms with Crippen molar-refractivity contribution < 1.29 is 20.8 Å². The number of benzene rings is 4.